The second-order valence-corrected chi connectivity index (χ2v) is 8.89. The molecule has 2 heterocycles. The van der Waals surface area contributed by atoms with Gasteiger partial charge in [0.25, 0.3) is 0 Å². The zero-order valence-electron chi connectivity index (χ0n) is 15.0. The van der Waals surface area contributed by atoms with Gasteiger partial charge in [0.15, 0.2) is 5.57 Å². The molecule has 2 N–H and O–H groups in total. The van der Waals surface area contributed by atoms with Crippen molar-refractivity contribution in [3.63, 3.8) is 0 Å². The number of aromatic nitrogens is 2. The maximum absolute atomic E-state index is 9.16. The minimum absolute atomic E-state index is 0.0580. The smallest absolute Gasteiger partial charge is 0.169 e. The number of pyridine rings is 1. The largest absolute Gasteiger partial charge is 0.369 e. The van der Waals surface area contributed by atoms with Crippen molar-refractivity contribution in [1.29, 1.82) is 10.5 Å². The van der Waals surface area contributed by atoms with Crippen LogP contribution in [0, 0.1) is 22.7 Å². The van der Waals surface area contributed by atoms with Crippen molar-refractivity contribution in [2.24, 2.45) is 0 Å². The molecule has 0 saturated carbocycles. The molecule has 0 bridgehead atoms. The zero-order valence-corrected chi connectivity index (χ0v) is 18.2. The first-order valence-corrected chi connectivity index (χ1v) is 12.0. The molecule has 2 rings (SSSR count). The number of allylic oxidation sites excluding steroid dienone is 1. The lowest BCUT2D eigenvalue weighted by molar-refractivity contribution is 0.722. The minimum Gasteiger partial charge on any atom is -0.369 e. The fourth-order valence-corrected chi connectivity index (χ4v) is 4.69. The Labute approximate surface area is 182 Å². The molecule has 0 saturated heterocycles. The maximum Gasteiger partial charge on any atom is 0.169 e. The molecule has 0 aliphatic carbocycles. The number of rotatable bonds is 12. The molecule has 0 unspecified atom stereocenters. The Morgan fingerprint density at radius 1 is 1.07 bits per heavy atom. The molecular weight excluding hydrogens is 432 g/mol. The number of thioether (sulfide) groups is 2. The molecular formula is C18H19ClN6S3. The lowest BCUT2D eigenvalue weighted by Crippen LogP contribution is -2.31. The fourth-order valence-electron chi connectivity index (χ4n) is 2.05. The topological polar surface area (TPSA) is 97.4 Å². The number of halogens is 1. The van der Waals surface area contributed by atoms with E-state index in [4.69, 9.17) is 22.1 Å². The van der Waals surface area contributed by atoms with Gasteiger partial charge in [-0.2, -0.15) is 34.0 Å². The summed E-state index contributed by atoms with van der Waals surface area (Å²) >= 11 is 11.2. The highest BCUT2D eigenvalue weighted by Gasteiger charge is 2.06. The molecule has 0 amide bonds. The maximum atomic E-state index is 9.16. The summed E-state index contributed by atoms with van der Waals surface area (Å²) in [6, 6.07) is 7.50. The Balaban J connectivity index is 1.70. The van der Waals surface area contributed by atoms with Crippen LogP contribution < -0.4 is 10.6 Å². The Morgan fingerprint density at radius 3 is 2.39 bits per heavy atom. The molecule has 0 atom stereocenters. The number of nitrogens with one attached hydrogen (secondary N) is 2. The van der Waals surface area contributed by atoms with Crippen LogP contribution in [0.5, 0.6) is 0 Å². The monoisotopic (exact) mass is 450 g/mol. The summed E-state index contributed by atoms with van der Waals surface area (Å²) in [5.41, 5.74) is 0.915. The van der Waals surface area contributed by atoms with Crippen molar-refractivity contribution in [1.82, 2.24) is 20.6 Å². The van der Waals surface area contributed by atoms with Crippen LogP contribution in [-0.4, -0.2) is 34.6 Å². The molecule has 0 aromatic carbocycles. The number of thiazole rings is 1. The summed E-state index contributed by atoms with van der Waals surface area (Å²) < 4.78 is 0. The van der Waals surface area contributed by atoms with Gasteiger partial charge in [-0.05, 0) is 12.1 Å². The summed E-state index contributed by atoms with van der Waals surface area (Å²) in [6.07, 6.45) is 3.53. The highest BCUT2D eigenvalue weighted by Crippen LogP contribution is 2.18. The molecule has 0 spiro atoms. The van der Waals surface area contributed by atoms with E-state index in [-0.39, 0.29) is 5.57 Å². The van der Waals surface area contributed by atoms with Gasteiger partial charge in [-0.15, -0.1) is 11.3 Å². The van der Waals surface area contributed by atoms with E-state index in [0.29, 0.717) is 29.7 Å². The molecule has 0 aliphatic rings. The second-order valence-electron chi connectivity index (χ2n) is 5.29. The van der Waals surface area contributed by atoms with Crippen molar-refractivity contribution >= 4 is 46.5 Å². The van der Waals surface area contributed by atoms with Crippen molar-refractivity contribution in [2.45, 2.75) is 11.5 Å². The molecule has 146 valence electrons. The Morgan fingerprint density at radius 2 is 1.79 bits per heavy atom. The predicted molar refractivity (Wildman–Crippen MR) is 118 cm³/mol. The Bertz CT molecular complexity index is 826. The summed E-state index contributed by atoms with van der Waals surface area (Å²) in [6.45, 7) is 1.28. The van der Waals surface area contributed by atoms with Gasteiger partial charge in [0.05, 0.1) is 10.7 Å². The van der Waals surface area contributed by atoms with Crippen molar-refractivity contribution in [3.8, 4) is 12.1 Å². The van der Waals surface area contributed by atoms with Gasteiger partial charge in [0.1, 0.15) is 23.0 Å². The zero-order chi connectivity index (χ0) is 20.0. The number of hydrogen-bond acceptors (Lipinski definition) is 9. The molecule has 2 aromatic heterocycles. The van der Waals surface area contributed by atoms with Gasteiger partial charge in [-0.3, -0.25) is 4.98 Å². The molecule has 6 nitrogen and oxygen atoms in total. The average molecular weight is 451 g/mol. The quantitative estimate of drug-likeness (QED) is 0.372. The van der Waals surface area contributed by atoms with Crippen molar-refractivity contribution < 1.29 is 0 Å². The molecule has 0 fully saturated rings. The molecule has 28 heavy (non-hydrogen) atoms. The first kappa shape index (κ1) is 22.4. The Hall–Kier alpha value is -1.91. The molecule has 0 radical (unpaired) electrons. The minimum atomic E-state index is 0.0580. The lowest BCUT2D eigenvalue weighted by Gasteiger charge is -2.13. The van der Waals surface area contributed by atoms with E-state index in [2.05, 4.69) is 20.6 Å². The van der Waals surface area contributed by atoms with Crippen LogP contribution in [0.4, 0.5) is 0 Å². The van der Waals surface area contributed by atoms with Crippen LogP contribution in [0.3, 0.4) is 0 Å². The van der Waals surface area contributed by atoms with Crippen LogP contribution in [0.1, 0.15) is 10.7 Å². The first-order valence-electron chi connectivity index (χ1n) is 8.40. The average Bonchev–Trinajstić information content (AvgIpc) is 3.22. The van der Waals surface area contributed by atoms with Gasteiger partial charge < -0.3 is 10.6 Å². The highest BCUT2D eigenvalue weighted by molar-refractivity contribution is 7.98. The summed E-state index contributed by atoms with van der Waals surface area (Å²) in [4.78, 5) is 8.50. The number of nitrogens with zero attached hydrogens (tertiary/aromatic N) is 4. The highest BCUT2D eigenvalue weighted by atomic mass is 35.5. The van der Waals surface area contributed by atoms with Gasteiger partial charge in [0.2, 0.25) is 0 Å². The lowest BCUT2D eigenvalue weighted by atomic mass is 10.3. The van der Waals surface area contributed by atoms with E-state index in [0.717, 1.165) is 28.0 Å². The molecule has 2 aromatic rings. The van der Waals surface area contributed by atoms with Crippen LogP contribution in [-0.2, 0) is 11.5 Å². The Kier molecular flexibility index (Phi) is 10.6. The SMILES string of the molecule is N#CC(C#N)=C(NCCSCc1nccs1)NCCSCc1ncccc1Cl. The molecule has 0 aliphatic heterocycles. The van der Waals surface area contributed by atoms with Crippen molar-refractivity contribution in [2.75, 3.05) is 24.6 Å². The van der Waals surface area contributed by atoms with E-state index < -0.39 is 0 Å². The first-order chi connectivity index (χ1) is 13.7. The normalized spacial score (nSPS) is 9.96. The summed E-state index contributed by atoms with van der Waals surface area (Å²) in [7, 11) is 0. The number of hydrogen-bond donors (Lipinski definition) is 2. The van der Waals surface area contributed by atoms with Gasteiger partial charge >= 0.3 is 0 Å². The van der Waals surface area contributed by atoms with Crippen LogP contribution in [0.15, 0.2) is 41.3 Å². The van der Waals surface area contributed by atoms with E-state index in [9.17, 15) is 0 Å². The third-order valence-corrected chi connectivity index (χ3v) is 6.60. The standard InChI is InChI=1S/C18H19ClN6S3/c19-15-2-1-3-22-16(15)12-26-7-4-24-18(14(10-20)11-21)25-5-8-27-13-17-23-6-9-28-17/h1-3,6,9,24-25H,4-5,7-8,12-13H2. The van der Waals surface area contributed by atoms with Gasteiger partial charge in [0, 0.05) is 53.9 Å². The van der Waals surface area contributed by atoms with E-state index >= 15 is 0 Å². The van der Waals surface area contributed by atoms with Crippen LogP contribution in [0.25, 0.3) is 0 Å². The van der Waals surface area contributed by atoms with E-state index in [1.807, 2.05) is 23.6 Å². The van der Waals surface area contributed by atoms with E-state index in [1.54, 1.807) is 53.3 Å². The number of nitriles is 2. The van der Waals surface area contributed by atoms with Crippen LogP contribution >= 0.6 is 46.5 Å². The summed E-state index contributed by atoms with van der Waals surface area (Å²) in [5.74, 6) is 3.70. The fraction of sp³-hybridized carbons (Fsp3) is 0.333. The van der Waals surface area contributed by atoms with Gasteiger partial charge in [-0.1, -0.05) is 11.6 Å². The van der Waals surface area contributed by atoms with Gasteiger partial charge in [-0.25, -0.2) is 4.98 Å². The third kappa shape index (κ3) is 7.99. The molecule has 10 heteroatoms. The third-order valence-electron chi connectivity index (χ3n) is 3.35. The summed E-state index contributed by atoms with van der Waals surface area (Å²) in [5, 5.41) is 28.4. The van der Waals surface area contributed by atoms with Crippen molar-refractivity contribution in [3.05, 3.63) is 57.0 Å². The van der Waals surface area contributed by atoms with Crippen LogP contribution in [0.2, 0.25) is 5.02 Å². The van der Waals surface area contributed by atoms with E-state index in [1.165, 1.54) is 0 Å². The second kappa shape index (κ2) is 13.3. The predicted octanol–water partition coefficient (Wildman–Crippen LogP) is 3.80.